The normalized spacial score (nSPS) is 28.6. The Morgan fingerprint density at radius 3 is 2.70 bits per heavy atom. The lowest BCUT2D eigenvalue weighted by Gasteiger charge is -2.28. The fraction of sp³-hybridized carbons (Fsp3) is 0.571. The van der Waals surface area contributed by atoms with Crippen molar-refractivity contribution in [2.75, 3.05) is 25.5 Å². The third-order valence-corrected chi connectivity index (χ3v) is 6.03. The van der Waals surface area contributed by atoms with Gasteiger partial charge in [0.15, 0.2) is 21.3 Å². The molecule has 2 aliphatic heterocycles. The molecule has 20 heavy (non-hydrogen) atoms. The van der Waals surface area contributed by atoms with Gasteiger partial charge in [-0.1, -0.05) is 6.07 Å². The van der Waals surface area contributed by atoms with Crippen molar-refractivity contribution in [3.8, 4) is 11.5 Å². The Labute approximate surface area is 119 Å². The van der Waals surface area contributed by atoms with Gasteiger partial charge in [-0.15, -0.1) is 0 Å². The van der Waals surface area contributed by atoms with Crippen molar-refractivity contribution in [3.05, 3.63) is 23.8 Å². The Hall–Kier alpha value is -1.27. The number of rotatable bonds is 1. The van der Waals surface area contributed by atoms with E-state index < -0.39 is 9.84 Å². The van der Waals surface area contributed by atoms with E-state index in [0.29, 0.717) is 25.5 Å². The summed E-state index contributed by atoms with van der Waals surface area (Å²) < 4.78 is 35.3. The first kappa shape index (κ1) is 13.7. The minimum absolute atomic E-state index is 0.133. The topological polar surface area (TPSA) is 64.6 Å². The van der Waals surface area contributed by atoms with Crippen LogP contribution in [0.5, 0.6) is 11.5 Å². The predicted octanol–water partition coefficient (Wildman–Crippen LogP) is 1.30. The van der Waals surface area contributed by atoms with Gasteiger partial charge in [0.2, 0.25) is 0 Å². The first-order valence-corrected chi connectivity index (χ1v) is 8.62. The molecule has 6 heteroatoms. The second-order valence-electron chi connectivity index (χ2n) is 5.36. The van der Waals surface area contributed by atoms with Gasteiger partial charge in [0.05, 0.1) is 24.2 Å². The lowest BCUT2D eigenvalue weighted by atomic mass is 10.1. The number of sulfone groups is 1. The molecule has 2 heterocycles. The molecule has 0 spiro atoms. The molecule has 2 atom stereocenters. The summed E-state index contributed by atoms with van der Waals surface area (Å²) in [6.45, 7) is 3.51. The lowest BCUT2D eigenvalue weighted by Crippen LogP contribution is -2.44. The van der Waals surface area contributed by atoms with Crippen molar-refractivity contribution in [2.24, 2.45) is 0 Å². The molecule has 0 saturated carbocycles. The minimum atomic E-state index is -3.02. The van der Waals surface area contributed by atoms with Gasteiger partial charge in [-0.05, 0) is 24.6 Å². The van der Waals surface area contributed by atoms with Crippen molar-refractivity contribution in [3.63, 3.8) is 0 Å². The average Bonchev–Trinajstić information content (AvgIpc) is 2.66. The Kier molecular flexibility index (Phi) is 3.60. The molecule has 1 aromatic carbocycles. The van der Waals surface area contributed by atoms with Crippen LogP contribution in [-0.4, -0.2) is 39.2 Å². The summed E-state index contributed by atoms with van der Waals surface area (Å²) in [5.74, 6) is 1.57. The molecule has 0 aromatic heterocycles. The van der Waals surface area contributed by atoms with E-state index in [4.69, 9.17) is 9.47 Å². The molecule has 1 N–H and O–H groups in total. The first-order valence-electron chi connectivity index (χ1n) is 6.91. The molecule has 5 nitrogen and oxygen atoms in total. The monoisotopic (exact) mass is 297 g/mol. The van der Waals surface area contributed by atoms with E-state index in [1.54, 1.807) is 6.92 Å². The molecular weight excluding hydrogens is 278 g/mol. The van der Waals surface area contributed by atoms with Crippen molar-refractivity contribution < 1.29 is 17.9 Å². The summed E-state index contributed by atoms with van der Waals surface area (Å²) in [7, 11) is -3.02. The highest BCUT2D eigenvalue weighted by molar-refractivity contribution is 7.92. The van der Waals surface area contributed by atoms with Crippen LogP contribution in [0.3, 0.4) is 0 Å². The fourth-order valence-electron chi connectivity index (χ4n) is 2.50. The molecule has 0 bridgehead atoms. The SMILES string of the molecule is CC1CNC(c2ccc3c(c2)OCCCO3)CS1(=O)=O. The second-order valence-corrected chi connectivity index (χ2v) is 7.82. The van der Waals surface area contributed by atoms with Gasteiger partial charge in [0, 0.05) is 19.0 Å². The Morgan fingerprint density at radius 1 is 1.20 bits per heavy atom. The van der Waals surface area contributed by atoms with Crippen LogP contribution in [0.15, 0.2) is 18.2 Å². The third-order valence-electron chi connectivity index (χ3n) is 3.84. The van der Waals surface area contributed by atoms with Crippen molar-refractivity contribution in [1.29, 1.82) is 0 Å². The summed E-state index contributed by atoms with van der Waals surface area (Å²) in [6.07, 6.45) is 0.859. The van der Waals surface area contributed by atoms with E-state index in [1.807, 2.05) is 18.2 Å². The quantitative estimate of drug-likeness (QED) is 0.846. The Morgan fingerprint density at radius 2 is 1.95 bits per heavy atom. The van der Waals surface area contributed by atoms with Gasteiger partial charge < -0.3 is 14.8 Å². The molecule has 1 saturated heterocycles. The van der Waals surface area contributed by atoms with E-state index in [2.05, 4.69) is 5.32 Å². The maximum atomic E-state index is 12.0. The van der Waals surface area contributed by atoms with Crippen LogP contribution in [0.1, 0.15) is 24.9 Å². The van der Waals surface area contributed by atoms with E-state index in [0.717, 1.165) is 17.7 Å². The van der Waals surface area contributed by atoms with Crippen LogP contribution < -0.4 is 14.8 Å². The molecule has 0 radical (unpaired) electrons. The number of nitrogens with one attached hydrogen (secondary N) is 1. The van der Waals surface area contributed by atoms with Crippen LogP contribution in [0.2, 0.25) is 0 Å². The van der Waals surface area contributed by atoms with Gasteiger partial charge in [-0.25, -0.2) is 8.42 Å². The Bertz CT molecular complexity index is 599. The molecule has 2 aliphatic rings. The lowest BCUT2D eigenvalue weighted by molar-refractivity contribution is 0.297. The summed E-state index contributed by atoms with van der Waals surface area (Å²) in [5, 5.41) is 2.97. The van der Waals surface area contributed by atoms with Crippen molar-refractivity contribution >= 4 is 9.84 Å². The molecule has 0 amide bonds. The van der Waals surface area contributed by atoms with Gasteiger partial charge in [0.25, 0.3) is 0 Å². The standard InChI is InChI=1S/C14H19NO4S/c1-10-8-15-12(9-20(10,16)17)11-3-4-13-14(7-11)19-6-2-5-18-13/h3-4,7,10,12,15H,2,5-6,8-9H2,1H3. The number of hydrogen-bond acceptors (Lipinski definition) is 5. The molecule has 3 rings (SSSR count). The molecular formula is C14H19NO4S. The van der Waals surface area contributed by atoms with Crippen molar-refractivity contribution in [1.82, 2.24) is 5.32 Å². The van der Waals surface area contributed by atoms with Crippen LogP contribution in [0.25, 0.3) is 0 Å². The third kappa shape index (κ3) is 2.62. The van der Waals surface area contributed by atoms with E-state index in [9.17, 15) is 8.42 Å². The summed E-state index contributed by atoms with van der Waals surface area (Å²) >= 11 is 0. The van der Waals surface area contributed by atoms with E-state index >= 15 is 0 Å². The highest BCUT2D eigenvalue weighted by Crippen LogP contribution is 2.33. The zero-order valence-electron chi connectivity index (χ0n) is 11.5. The molecule has 1 aromatic rings. The van der Waals surface area contributed by atoms with Gasteiger partial charge in [-0.2, -0.15) is 0 Å². The smallest absolute Gasteiger partial charge is 0.161 e. The largest absolute Gasteiger partial charge is 0.490 e. The van der Waals surface area contributed by atoms with Gasteiger partial charge >= 0.3 is 0 Å². The Balaban J connectivity index is 1.86. The van der Waals surface area contributed by atoms with E-state index in [1.165, 1.54) is 0 Å². The van der Waals surface area contributed by atoms with Gasteiger partial charge in [-0.3, -0.25) is 0 Å². The molecule has 1 fully saturated rings. The maximum absolute atomic E-state index is 12.0. The number of ether oxygens (including phenoxy) is 2. The first-order chi connectivity index (χ1) is 9.56. The molecule has 0 aliphatic carbocycles. The fourth-order valence-corrected chi connectivity index (χ4v) is 3.95. The maximum Gasteiger partial charge on any atom is 0.161 e. The average molecular weight is 297 g/mol. The highest BCUT2D eigenvalue weighted by atomic mass is 32.2. The van der Waals surface area contributed by atoms with Gasteiger partial charge in [0.1, 0.15) is 0 Å². The molecule has 2 unspecified atom stereocenters. The zero-order valence-corrected chi connectivity index (χ0v) is 12.3. The van der Waals surface area contributed by atoms with Crippen LogP contribution in [-0.2, 0) is 9.84 Å². The minimum Gasteiger partial charge on any atom is -0.490 e. The predicted molar refractivity (Wildman–Crippen MR) is 76.0 cm³/mol. The van der Waals surface area contributed by atoms with Crippen LogP contribution in [0, 0.1) is 0 Å². The van der Waals surface area contributed by atoms with E-state index in [-0.39, 0.29) is 17.0 Å². The second kappa shape index (κ2) is 5.26. The van der Waals surface area contributed by atoms with Crippen LogP contribution >= 0.6 is 0 Å². The number of benzene rings is 1. The summed E-state index contributed by atoms with van der Waals surface area (Å²) in [4.78, 5) is 0. The molecule has 110 valence electrons. The number of fused-ring (bicyclic) bond motifs is 1. The van der Waals surface area contributed by atoms with Crippen LogP contribution in [0.4, 0.5) is 0 Å². The van der Waals surface area contributed by atoms with Crippen molar-refractivity contribution in [2.45, 2.75) is 24.6 Å². The summed E-state index contributed by atoms with van der Waals surface area (Å²) in [6, 6.07) is 5.50. The number of hydrogen-bond donors (Lipinski definition) is 1. The highest BCUT2D eigenvalue weighted by Gasteiger charge is 2.32. The summed E-state index contributed by atoms with van der Waals surface area (Å²) in [5.41, 5.74) is 0.935. The zero-order chi connectivity index (χ0) is 14.2.